The molecule has 0 fully saturated rings. The van der Waals surface area contributed by atoms with Gasteiger partial charge < -0.3 is 4.74 Å². The summed E-state index contributed by atoms with van der Waals surface area (Å²) in [5.74, 6) is 0.569. The highest BCUT2D eigenvalue weighted by Crippen LogP contribution is 2.15. The van der Waals surface area contributed by atoms with Crippen LogP contribution in [0, 0.1) is 0 Å². The van der Waals surface area contributed by atoms with E-state index in [1.54, 1.807) is 7.11 Å². The number of amidine groups is 1. The van der Waals surface area contributed by atoms with Crippen molar-refractivity contribution < 1.29 is 9.53 Å². The van der Waals surface area contributed by atoms with Crippen molar-refractivity contribution in [1.82, 2.24) is 0 Å². The minimum absolute atomic E-state index is 0.231. The summed E-state index contributed by atoms with van der Waals surface area (Å²) in [4.78, 5) is 19.5. The number of carbonyl (C=O) groups excluding carboxylic acids is 1. The predicted molar refractivity (Wildman–Crippen MR) is 70.1 cm³/mol. The number of nitrogens with zero attached hydrogens (tertiary/aromatic N) is 2. The lowest BCUT2D eigenvalue weighted by atomic mass is 10.1. The van der Waals surface area contributed by atoms with Crippen LogP contribution >= 0.6 is 11.8 Å². The van der Waals surface area contributed by atoms with Crippen molar-refractivity contribution in [2.24, 2.45) is 9.98 Å². The summed E-state index contributed by atoms with van der Waals surface area (Å²) in [5, 5.41) is 0.540. The SMILES string of the molecule is COc1ccc(CC2=NC(SC)=NC2=O)cc1. The molecule has 1 aliphatic rings. The Balaban J connectivity index is 2.09. The minimum Gasteiger partial charge on any atom is -0.497 e. The molecule has 0 saturated heterocycles. The first-order valence-electron chi connectivity index (χ1n) is 5.10. The van der Waals surface area contributed by atoms with E-state index in [9.17, 15) is 4.79 Å². The number of thioether (sulfide) groups is 1. The lowest BCUT2D eigenvalue weighted by Crippen LogP contribution is -2.10. The van der Waals surface area contributed by atoms with Crippen molar-refractivity contribution in [2.45, 2.75) is 6.42 Å². The predicted octanol–water partition coefficient (Wildman–Crippen LogP) is 1.94. The molecule has 0 spiro atoms. The van der Waals surface area contributed by atoms with Crippen molar-refractivity contribution in [2.75, 3.05) is 13.4 Å². The molecule has 0 atom stereocenters. The highest BCUT2D eigenvalue weighted by atomic mass is 32.2. The van der Waals surface area contributed by atoms with E-state index in [-0.39, 0.29) is 5.91 Å². The lowest BCUT2D eigenvalue weighted by molar-refractivity contribution is -0.111. The first kappa shape index (κ1) is 11.9. The number of amides is 1. The first-order chi connectivity index (χ1) is 8.22. The number of rotatable bonds is 3. The number of methoxy groups -OCH3 is 1. The lowest BCUT2D eigenvalue weighted by Gasteiger charge is -2.02. The van der Waals surface area contributed by atoms with Crippen LogP contribution in [0.5, 0.6) is 5.75 Å². The molecule has 0 N–H and O–H groups in total. The third-order valence-corrected chi connectivity index (χ3v) is 2.94. The molecule has 0 aliphatic carbocycles. The standard InChI is InChI=1S/C12H12N2O2S/c1-16-9-5-3-8(4-6-9)7-10-11(15)14-12(13-10)17-2/h3-6H,7H2,1-2H3. The van der Waals surface area contributed by atoms with Gasteiger partial charge >= 0.3 is 0 Å². The zero-order valence-corrected chi connectivity index (χ0v) is 10.5. The number of benzene rings is 1. The maximum atomic E-state index is 11.5. The second kappa shape index (κ2) is 5.14. The van der Waals surface area contributed by atoms with E-state index in [0.29, 0.717) is 17.3 Å². The Kier molecular flexibility index (Phi) is 3.58. The van der Waals surface area contributed by atoms with Crippen LogP contribution in [-0.2, 0) is 11.2 Å². The van der Waals surface area contributed by atoms with Crippen LogP contribution in [0.1, 0.15) is 5.56 Å². The van der Waals surface area contributed by atoms with Gasteiger partial charge in [0, 0.05) is 6.42 Å². The molecular weight excluding hydrogens is 236 g/mol. The van der Waals surface area contributed by atoms with Gasteiger partial charge in [-0.1, -0.05) is 23.9 Å². The van der Waals surface area contributed by atoms with E-state index in [1.165, 1.54) is 11.8 Å². The Morgan fingerprint density at radius 2 is 1.94 bits per heavy atom. The van der Waals surface area contributed by atoms with E-state index in [0.717, 1.165) is 11.3 Å². The Morgan fingerprint density at radius 1 is 1.24 bits per heavy atom. The van der Waals surface area contributed by atoms with E-state index in [1.807, 2.05) is 30.5 Å². The minimum atomic E-state index is -0.231. The van der Waals surface area contributed by atoms with Crippen LogP contribution in [0.3, 0.4) is 0 Å². The van der Waals surface area contributed by atoms with Gasteiger partial charge in [-0.05, 0) is 24.0 Å². The van der Waals surface area contributed by atoms with Gasteiger partial charge in [-0.25, -0.2) is 4.99 Å². The summed E-state index contributed by atoms with van der Waals surface area (Å²) in [6.07, 6.45) is 2.36. The Morgan fingerprint density at radius 3 is 2.47 bits per heavy atom. The summed E-state index contributed by atoms with van der Waals surface area (Å²) in [6, 6.07) is 7.58. The Hall–Kier alpha value is -1.62. The second-order valence-corrected chi connectivity index (χ2v) is 4.26. The molecule has 1 aromatic carbocycles. The zero-order valence-electron chi connectivity index (χ0n) is 9.64. The molecule has 0 bridgehead atoms. The number of hydrogen-bond acceptors (Lipinski definition) is 4. The van der Waals surface area contributed by atoms with Crippen molar-refractivity contribution in [3.05, 3.63) is 29.8 Å². The largest absolute Gasteiger partial charge is 0.497 e. The Bertz CT molecular complexity index is 492. The van der Waals surface area contributed by atoms with Crippen LogP contribution in [0.2, 0.25) is 0 Å². The third-order valence-electron chi connectivity index (χ3n) is 2.39. The van der Waals surface area contributed by atoms with Gasteiger partial charge in [0.05, 0.1) is 7.11 Å². The molecule has 1 heterocycles. The monoisotopic (exact) mass is 248 g/mol. The normalized spacial score (nSPS) is 14.6. The number of carbonyl (C=O) groups is 1. The zero-order chi connectivity index (χ0) is 12.3. The van der Waals surface area contributed by atoms with Crippen molar-refractivity contribution >= 4 is 28.5 Å². The summed E-state index contributed by atoms with van der Waals surface area (Å²) >= 11 is 1.38. The molecule has 0 aromatic heterocycles. The average Bonchev–Trinajstić information content (AvgIpc) is 2.71. The van der Waals surface area contributed by atoms with Gasteiger partial charge in [-0.15, -0.1) is 0 Å². The van der Waals surface area contributed by atoms with Gasteiger partial charge in [0.1, 0.15) is 11.5 Å². The smallest absolute Gasteiger partial charge is 0.294 e. The maximum absolute atomic E-state index is 11.5. The molecule has 0 unspecified atom stereocenters. The number of hydrogen-bond donors (Lipinski definition) is 0. The van der Waals surface area contributed by atoms with Crippen LogP contribution < -0.4 is 4.74 Å². The fraction of sp³-hybridized carbons (Fsp3) is 0.250. The van der Waals surface area contributed by atoms with Gasteiger partial charge in [0.2, 0.25) is 0 Å². The molecular formula is C12H12N2O2S. The highest BCUT2D eigenvalue weighted by Gasteiger charge is 2.19. The summed E-state index contributed by atoms with van der Waals surface area (Å²) in [7, 11) is 1.62. The van der Waals surface area contributed by atoms with Crippen LogP contribution in [-0.4, -0.2) is 30.2 Å². The molecule has 5 heteroatoms. The molecule has 2 rings (SSSR count). The topological polar surface area (TPSA) is 51.0 Å². The highest BCUT2D eigenvalue weighted by molar-refractivity contribution is 8.13. The fourth-order valence-corrected chi connectivity index (χ4v) is 1.86. The van der Waals surface area contributed by atoms with Crippen molar-refractivity contribution in [3.8, 4) is 5.75 Å². The van der Waals surface area contributed by atoms with E-state index >= 15 is 0 Å². The summed E-state index contributed by atoms with van der Waals surface area (Å²) in [6.45, 7) is 0. The molecule has 1 amide bonds. The van der Waals surface area contributed by atoms with Gasteiger partial charge in [0.25, 0.3) is 5.91 Å². The summed E-state index contributed by atoms with van der Waals surface area (Å²) < 4.78 is 5.07. The third kappa shape index (κ3) is 2.74. The van der Waals surface area contributed by atoms with E-state index in [2.05, 4.69) is 9.98 Å². The van der Waals surface area contributed by atoms with Crippen molar-refractivity contribution in [1.29, 1.82) is 0 Å². The van der Waals surface area contributed by atoms with E-state index < -0.39 is 0 Å². The summed E-state index contributed by atoms with van der Waals surface area (Å²) in [5.41, 5.74) is 1.52. The van der Waals surface area contributed by atoms with E-state index in [4.69, 9.17) is 4.74 Å². The van der Waals surface area contributed by atoms with Crippen molar-refractivity contribution in [3.63, 3.8) is 0 Å². The van der Waals surface area contributed by atoms with Crippen LogP contribution in [0.4, 0.5) is 0 Å². The maximum Gasteiger partial charge on any atom is 0.294 e. The molecule has 4 nitrogen and oxygen atoms in total. The molecule has 0 saturated carbocycles. The number of aliphatic imine (C=N–C) groups is 2. The quantitative estimate of drug-likeness (QED) is 0.821. The fourth-order valence-electron chi connectivity index (χ4n) is 1.48. The second-order valence-electron chi connectivity index (χ2n) is 3.49. The Labute approximate surface area is 104 Å². The molecule has 0 radical (unpaired) electrons. The van der Waals surface area contributed by atoms with Crippen LogP contribution in [0.15, 0.2) is 34.3 Å². The van der Waals surface area contributed by atoms with Gasteiger partial charge in [0.15, 0.2) is 5.17 Å². The average molecular weight is 248 g/mol. The molecule has 88 valence electrons. The number of ether oxygens (including phenoxy) is 1. The molecule has 1 aliphatic heterocycles. The first-order valence-corrected chi connectivity index (χ1v) is 6.33. The molecule has 1 aromatic rings. The molecule has 17 heavy (non-hydrogen) atoms. The van der Waals surface area contributed by atoms with Crippen LogP contribution in [0.25, 0.3) is 0 Å². The van der Waals surface area contributed by atoms with Gasteiger partial charge in [-0.3, -0.25) is 4.79 Å². The van der Waals surface area contributed by atoms with Gasteiger partial charge in [-0.2, -0.15) is 4.99 Å².